The first-order chi connectivity index (χ1) is 19.0. The molecule has 0 amide bonds. The summed E-state index contributed by atoms with van der Waals surface area (Å²) in [7, 11) is 1.62. The van der Waals surface area contributed by atoms with Crippen molar-refractivity contribution in [1.29, 1.82) is 0 Å². The maximum Gasteiger partial charge on any atom is 0.332 e. The predicted molar refractivity (Wildman–Crippen MR) is 146 cm³/mol. The van der Waals surface area contributed by atoms with Crippen molar-refractivity contribution in [2.75, 3.05) is 13.7 Å². The number of aryl methyl sites for hydroxylation is 1. The number of fused-ring (bicyclic) bond motifs is 1. The van der Waals surface area contributed by atoms with Crippen LogP contribution in [0.4, 0.5) is 0 Å². The standard InChI is InChI=1S/C28H30N6O5/c1-4-15-33-25-23(27(35)34(16-5-2)28(33)36)30-24(31-25)18-6-12-21(13-7-18)38-17-14-22-29-26(39-32-22)19-8-10-20(37-3)11-9-19/h6-13H,4-5,14-17H2,1-3H3,(H,30,31). The minimum atomic E-state index is -0.348. The van der Waals surface area contributed by atoms with Crippen LogP contribution in [0.2, 0.25) is 0 Å². The Morgan fingerprint density at radius 1 is 0.872 bits per heavy atom. The molecule has 0 spiro atoms. The third-order valence-electron chi connectivity index (χ3n) is 6.28. The van der Waals surface area contributed by atoms with E-state index in [1.54, 1.807) is 11.7 Å². The average Bonchev–Trinajstić information content (AvgIpc) is 3.62. The second kappa shape index (κ2) is 11.4. The Balaban J connectivity index is 1.27. The molecule has 5 rings (SSSR count). The molecule has 11 nitrogen and oxygen atoms in total. The van der Waals surface area contributed by atoms with Crippen molar-refractivity contribution in [3.8, 4) is 34.3 Å². The van der Waals surface area contributed by atoms with Crippen LogP contribution in [-0.4, -0.2) is 43.0 Å². The predicted octanol–water partition coefficient (Wildman–Crippen LogP) is 4.05. The van der Waals surface area contributed by atoms with Gasteiger partial charge in [-0.05, 0) is 61.4 Å². The maximum atomic E-state index is 13.0. The van der Waals surface area contributed by atoms with Crippen molar-refractivity contribution in [3.05, 3.63) is 75.2 Å². The van der Waals surface area contributed by atoms with Gasteiger partial charge in [-0.1, -0.05) is 19.0 Å². The Bertz CT molecular complexity index is 1680. The number of nitrogens with one attached hydrogen (secondary N) is 1. The monoisotopic (exact) mass is 530 g/mol. The lowest BCUT2D eigenvalue weighted by atomic mass is 10.2. The molecule has 0 saturated carbocycles. The van der Waals surface area contributed by atoms with Gasteiger partial charge in [-0.25, -0.2) is 9.78 Å². The first kappa shape index (κ1) is 26.0. The number of imidazole rings is 1. The van der Waals surface area contributed by atoms with E-state index in [4.69, 9.17) is 14.0 Å². The fourth-order valence-electron chi connectivity index (χ4n) is 4.32. The van der Waals surface area contributed by atoms with Gasteiger partial charge in [-0.3, -0.25) is 13.9 Å². The molecule has 0 aliphatic heterocycles. The normalized spacial score (nSPS) is 11.3. The van der Waals surface area contributed by atoms with Crippen LogP contribution in [0.3, 0.4) is 0 Å². The number of hydrogen-bond acceptors (Lipinski definition) is 8. The van der Waals surface area contributed by atoms with Crippen LogP contribution in [0, 0.1) is 0 Å². The molecule has 0 bridgehead atoms. The fourth-order valence-corrected chi connectivity index (χ4v) is 4.32. The molecule has 0 radical (unpaired) electrons. The topological polar surface area (TPSA) is 130 Å². The Morgan fingerprint density at radius 3 is 2.23 bits per heavy atom. The number of benzene rings is 2. The highest BCUT2D eigenvalue weighted by Crippen LogP contribution is 2.23. The molecule has 11 heteroatoms. The Morgan fingerprint density at radius 2 is 1.54 bits per heavy atom. The van der Waals surface area contributed by atoms with E-state index in [9.17, 15) is 9.59 Å². The molecular weight excluding hydrogens is 500 g/mol. The highest BCUT2D eigenvalue weighted by molar-refractivity contribution is 5.75. The second-order valence-corrected chi connectivity index (χ2v) is 9.04. The molecule has 0 atom stereocenters. The summed E-state index contributed by atoms with van der Waals surface area (Å²) in [5.74, 6) is 2.93. The first-order valence-electron chi connectivity index (χ1n) is 13.0. The van der Waals surface area contributed by atoms with E-state index in [0.29, 0.717) is 67.0 Å². The van der Waals surface area contributed by atoms with E-state index in [1.807, 2.05) is 62.4 Å². The van der Waals surface area contributed by atoms with Gasteiger partial charge >= 0.3 is 5.69 Å². The SMILES string of the molecule is CCCn1c(=O)c2[nH]c(-c3ccc(OCCc4noc(-c5ccc(OC)cc5)n4)cc3)nc2n(CCC)c1=O. The lowest BCUT2D eigenvalue weighted by molar-refractivity contribution is 0.315. The average molecular weight is 531 g/mol. The Kier molecular flexibility index (Phi) is 7.57. The number of nitrogens with zero attached hydrogens (tertiary/aromatic N) is 5. The van der Waals surface area contributed by atoms with Gasteiger partial charge in [0.05, 0.1) is 13.7 Å². The van der Waals surface area contributed by atoms with E-state index in [1.165, 1.54) is 4.57 Å². The zero-order valence-electron chi connectivity index (χ0n) is 22.1. The number of methoxy groups -OCH3 is 1. The van der Waals surface area contributed by atoms with Gasteiger partial charge in [-0.2, -0.15) is 4.98 Å². The lowest BCUT2D eigenvalue weighted by Gasteiger charge is -2.09. The molecule has 3 heterocycles. The number of rotatable bonds is 11. The van der Waals surface area contributed by atoms with Crippen LogP contribution in [0.25, 0.3) is 34.0 Å². The third-order valence-corrected chi connectivity index (χ3v) is 6.28. The number of ether oxygens (including phenoxy) is 2. The largest absolute Gasteiger partial charge is 0.497 e. The molecule has 2 aromatic carbocycles. The highest BCUT2D eigenvalue weighted by atomic mass is 16.5. The molecule has 1 N–H and O–H groups in total. The van der Waals surface area contributed by atoms with Crippen LogP contribution in [-0.2, 0) is 19.5 Å². The van der Waals surface area contributed by atoms with Crippen LogP contribution >= 0.6 is 0 Å². The third kappa shape index (κ3) is 5.33. The molecule has 39 heavy (non-hydrogen) atoms. The van der Waals surface area contributed by atoms with Crippen LogP contribution in [0.1, 0.15) is 32.5 Å². The van der Waals surface area contributed by atoms with E-state index >= 15 is 0 Å². The summed E-state index contributed by atoms with van der Waals surface area (Å²) in [4.78, 5) is 38.1. The summed E-state index contributed by atoms with van der Waals surface area (Å²) >= 11 is 0. The molecule has 5 aromatic rings. The molecule has 202 valence electrons. The van der Waals surface area contributed by atoms with Gasteiger partial charge in [0.15, 0.2) is 11.5 Å². The van der Waals surface area contributed by atoms with Crippen LogP contribution < -0.4 is 20.7 Å². The van der Waals surface area contributed by atoms with Crippen molar-refractivity contribution < 1.29 is 14.0 Å². The van der Waals surface area contributed by atoms with E-state index in [-0.39, 0.29) is 11.2 Å². The zero-order chi connectivity index (χ0) is 27.4. The van der Waals surface area contributed by atoms with E-state index in [0.717, 1.165) is 23.3 Å². The van der Waals surface area contributed by atoms with Gasteiger partial charge in [0.1, 0.15) is 22.8 Å². The summed E-state index contributed by atoms with van der Waals surface area (Å²) in [5, 5.41) is 4.03. The van der Waals surface area contributed by atoms with Crippen molar-refractivity contribution >= 4 is 11.2 Å². The van der Waals surface area contributed by atoms with Gasteiger partial charge in [0.25, 0.3) is 11.4 Å². The Hall–Kier alpha value is -4.67. The molecule has 0 unspecified atom stereocenters. The van der Waals surface area contributed by atoms with Crippen molar-refractivity contribution in [3.63, 3.8) is 0 Å². The second-order valence-electron chi connectivity index (χ2n) is 9.04. The zero-order valence-corrected chi connectivity index (χ0v) is 22.1. The van der Waals surface area contributed by atoms with Crippen LogP contribution in [0.15, 0.2) is 62.6 Å². The van der Waals surface area contributed by atoms with Gasteiger partial charge in [0, 0.05) is 30.6 Å². The summed E-state index contributed by atoms with van der Waals surface area (Å²) in [6.45, 7) is 5.14. The summed E-state index contributed by atoms with van der Waals surface area (Å²) in [6.07, 6.45) is 1.91. The number of aromatic nitrogens is 6. The van der Waals surface area contributed by atoms with Gasteiger partial charge < -0.3 is 19.0 Å². The van der Waals surface area contributed by atoms with Gasteiger partial charge in [-0.15, -0.1) is 0 Å². The molecule has 0 aliphatic rings. The van der Waals surface area contributed by atoms with E-state index < -0.39 is 0 Å². The molecule has 0 fully saturated rings. The van der Waals surface area contributed by atoms with Crippen LogP contribution in [0.5, 0.6) is 11.5 Å². The van der Waals surface area contributed by atoms with E-state index in [2.05, 4.69) is 20.1 Å². The maximum absolute atomic E-state index is 13.0. The summed E-state index contributed by atoms with van der Waals surface area (Å²) in [5.41, 5.74) is 1.63. The summed E-state index contributed by atoms with van der Waals surface area (Å²) < 4.78 is 19.3. The first-order valence-corrected chi connectivity index (χ1v) is 13.0. The number of hydrogen-bond donors (Lipinski definition) is 1. The van der Waals surface area contributed by atoms with Gasteiger partial charge in [0.2, 0.25) is 0 Å². The molecule has 3 aromatic heterocycles. The smallest absolute Gasteiger partial charge is 0.332 e. The molecule has 0 saturated heterocycles. The number of aromatic amines is 1. The minimum Gasteiger partial charge on any atom is -0.497 e. The quantitative estimate of drug-likeness (QED) is 0.271. The number of H-pyrrole nitrogens is 1. The Labute approximate surface area is 224 Å². The molecular formula is C28H30N6O5. The van der Waals surface area contributed by atoms with Crippen molar-refractivity contribution in [2.45, 2.75) is 46.2 Å². The summed E-state index contributed by atoms with van der Waals surface area (Å²) in [6, 6.07) is 14.8. The van der Waals surface area contributed by atoms with Crippen molar-refractivity contribution in [2.24, 2.45) is 0 Å². The minimum absolute atomic E-state index is 0.323. The molecule has 0 aliphatic carbocycles. The highest BCUT2D eigenvalue weighted by Gasteiger charge is 2.17. The van der Waals surface area contributed by atoms with Crippen molar-refractivity contribution in [1.82, 2.24) is 29.2 Å². The fraction of sp³-hybridized carbons (Fsp3) is 0.321. The lowest BCUT2D eigenvalue weighted by Crippen LogP contribution is -2.40.